The summed E-state index contributed by atoms with van der Waals surface area (Å²) in [6, 6.07) is 6.14. The van der Waals surface area contributed by atoms with Gasteiger partial charge in [-0.2, -0.15) is 4.31 Å². The van der Waals surface area contributed by atoms with Gasteiger partial charge in [-0.3, -0.25) is 4.79 Å². The fourth-order valence-electron chi connectivity index (χ4n) is 2.29. The van der Waals surface area contributed by atoms with Gasteiger partial charge in [-0.15, -0.1) is 12.4 Å². The second-order valence-electron chi connectivity index (χ2n) is 5.81. The van der Waals surface area contributed by atoms with Crippen LogP contribution in [0.5, 0.6) is 0 Å². The molecule has 1 saturated heterocycles. The first-order valence-corrected chi connectivity index (χ1v) is 8.86. The highest BCUT2D eigenvalue weighted by Gasteiger charge is 2.24. The summed E-state index contributed by atoms with van der Waals surface area (Å²) in [6.07, 6.45) is 0.889. The van der Waals surface area contributed by atoms with Crippen molar-refractivity contribution in [1.29, 1.82) is 0 Å². The molecule has 6 nitrogen and oxygen atoms in total. The van der Waals surface area contributed by atoms with Gasteiger partial charge in [0.15, 0.2) is 0 Å². The van der Waals surface area contributed by atoms with Crippen molar-refractivity contribution in [2.24, 2.45) is 0 Å². The van der Waals surface area contributed by atoms with E-state index < -0.39 is 10.0 Å². The van der Waals surface area contributed by atoms with Gasteiger partial charge in [-0.25, -0.2) is 8.42 Å². The molecule has 1 aliphatic rings. The van der Waals surface area contributed by atoms with Crippen LogP contribution in [0, 0.1) is 0 Å². The van der Waals surface area contributed by atoms with Crippen LogP contribution in [-0.4, -0.2) is 50.9 Å². The zero-order chi connectivity index (χ0) is 16.3. The van der Waals surface area contributed by atoms with Gasteiger partial charge in [0, 0.05) is 31.2 Å². The van der Waals surface area contributed by atoms with Crippen molar-refractivity contribution in [3.63, 3.8) is 0 Å². The standard InChI is InChI=1S/C15H23N3O3S.ClH/c1-11(2)18(3)22(20,21)14-6-4-5-12(9-14)15(19)17-13-7-8-16-10-13;/h4-6,9,11,13,16H,7-8,10H2,1-3H3,(H,17,19);1H. The minimum atomic E-state index is -3.58. The lowest BCUT2D eigenvalue weighted by Gasteiger charge is -2.21. The lowest BCUT2D eigenvalue weighted by Crippen LogP contribution is -2.36. The van der Waals surface area contributed by atoms with Crippen LogP contribution in [0.15, 0.2) is 29.2 Å². The number of hydrogen-bond donors (Lipinski definition) is 2. The maximum Gasteiger partial charge on any atom is 0.251 e. The Bertz CT molecular complexity index is 643. The van der Waals surface area contributed by atoms with Gasteiger partial charge in [-0.05, 0) is 45.0 Å². The molecule has 1 atom stereocenters. The quantitative estimate of drug-likeness (QED) is 0.826. The highest BCUT2D eigenvalue weighted by molar-refractivity contribution is 7.89. The van der Waals surface area contributed by atoms with E-state index in [2.05, 4.69) is 10.6 Å². The van der Waals surface area contributed by atoms with Gasteiger partial charge in [0.05, 0.1) is 4.90 Å². The largest absolute Gasteiger partial charge is 0.348 e. The highest BCUT2D eigenvalue weighted by atomic mass is 35.5. The fraction of sp³-hybridized carbons (Fsp3) is 0.533. The molecule has 8 heteroatoms. The zero-order valence-corrected chi connectivity index (χ0v) is 15.2. The summed E-state index contributed by atoms with van der Waals surface area (Å²) in [4.78, 5) is 12.4. The van der Waals surface area contributed by atoms with E-state index in [1.807, 2.05) is 0 Å². The minimum Gasteiger partial charge on any atom is -0.348 e. The van der Waals surface area contributed by atoms with Gasteiger partial charge in [-0.1, -0.05) is 6.07 Å². The summed E-state index contributed by atoms with van der Waals surface area (Å²) in [5, 5.41) is 6.09. The normalized spacial score (nSPS) is 18.0. The number of benzene rings is 1. The Labute approximate surface area is 144 Å². The van der Waals surface area contributed by atoms with E-state index in [9.17, 15) is 13.2 Å². The Morgan fingerprint density at radius 3 is 2.65 bits per heavy atom. The van der Waals surface area contributed by atoms with Crippen LogP contribution in [0.25, 0.3) is 0 Å². The van der Waals surface area contributed by atoms with Crippen LogP contribution in [0.3, 0.4) is 0 Å². The Balaban J connectivity index is 0.00000264. The number of nitrogens with one attached hydrogen (secondary N) is 2. The monoisotopic (exact) mass is 361 g/mol. The molecule has 2 N–H and O–H groups in total. The summed E-state index contributed by atoms with van der Waals surface area (Å²) in [6.45, 7) is 5.25. The number of amides is 1. The fourth-order valence-corrected chi connectivity index (χ4v) is 3.70. The first-order valence-electron chi connectivity index (χ1n) is 7.42. The molecule has 1 heterocycles. The van der Waals surface area contributed by atoms with Crippen molar-refractivity contribution in [3.05, 3.63) is 29.8 Å². The molecule has 130 valence electrons. The SMILES string of the molecule is CC(C)N(C)S(=O)(=O)c1cccc(C(=O)NC2CCNC2)c1.Cl. The van der Waals surface area contributed by atoms with Gasteiger partial charge >= 0.3 is 0 Å². The van der Waals surface area contributed by atoms with E-state index in [0.717, 1.165) is 19.5 Å². The number of carbonyl (C=O) groups excluding carboxylic acids is 1. The molecule has 1 aromatic carbocycles. The molecule has 23 heavy (non-hydrogen) atoms. The molecule has 1 amide bonds. The Morgan fingerprint density at radius 2 is 2.09 bits per heavy atom. The predicted octanol–water partition coefficient (Wildman–Crippen LogP) is 1.23. The number of sulfonamides is 1. The lowest BCUT2D eigenvalue weighted by molar-refractivity contribution is 0.0940. The van der Waals surface area contributed by atoms with Crippen molar-refractivity contribution < 1.29 is 13.2 Å². The van der Waals surface area contributed by atoms with Crippen LogP contribution in [0.4, 0.5) is 0 Å². The van der Waals surface area contributed by atoms with Crippen molar-refractivity contribution in [3.8, 4) is 0 Å². The molecule has 0 radical (unpaired) electrons. The summed E-state index contributed by atoms with van der Waals surface area (Å²) < 4.78 is 26.3. The van der Waals surface area contributed by atoms with Crippen molar-refractivity contribution in [1.82, 2.24) is 14.9 Å². The Morgan fingerprint density at radius 1 is 1.39 bits per heavy atom. The Hall–Kier alpha value is -1.15. The molecule has 2 rings (SSSR count). The maximum atomic E-state index is 12.5. The summed E-state index contributed by atoms with van der Waals surface area (Å²) >= 11 is 0. The predicted molar refractivity (Wildman–Crippen MR) is 92.5 cm³/mol. The van der Waals surface area contributed by atoms with Gasteiger partial charge in [0.2, 0.25) is 10.0 Å². The molecule has 0 aliphatic carbocycles. The molecule has 0 aromatic heterocycles. The van der Waals surface area contributed by atoms with Crippen LogP contribution in [0.2, 0.25) is 0 Å². The zero-order valence-electron chi connectivity index (χ0n) is 13.6. The summed E-state index contributed by atoms with van der Waals surface area (Å²) in [7, 11) is -2.04. The van der Waals surface area contributed by atoms with Crippen LogP contribution in [0.1, 0.15) is 30.6 Å². The maximum absolute atomic E-state index is 12.5. The van der Waals surface area contributed by atoms with Crippen molar-refractivity contribution >= 4 is 28.3 Å². The molecule has 1 fully saturated rings. The molecule has 1 aromatic rings. The lowest BCUT2D eigenvalue weighted by atomic mass is 10.2. The number of nitrogens with zero attached hydrogens (tertiary/aromatic N) is 1. The average Bonchev–Trinajstić information content (AvgIpc) is 2.99. The van der Waals surface area contributed by atoms with Gasteiger partial charge in [0.1, 0.15) is 0 Å². The van der Waals surface area contributed by atoms with Gasteiger partial charge < -0.3 is 10.6 Å². The highest BCUT2D eigenvalue weighted by Crippen LogP contribution is 2.18. The molecular weight excluding hydrogens is 338 g/mol. The third kappa shape index (κ3) is 4.67. The molecule has 0 spiro atoms. The van der Waals surface area contributed by atoms with Crippen molar-refractivity contribution in [2.75, 3.05) is 20.1 Å². The molecular formula is C15H24ClN3O3S. The third-order valence-corrected chi connectivity index (χ3v) is 5.93. The number of carbonyl (C=O) groups is 1. The van der Waals surface area contributed by atoms with E-state index in [0.29, 0.717) is 5.56 Å². The first kappa shape index (κ1) is 19.9. The van der Waals surface area contributed by atoms with Gasteiger partial charge in [0.25, 0.3) is 5.91 Å². The second kappa shape index (κ2) is 8.10. The van der Waals surface area contributed by atoms with Crippen LogP contribution >= 0.6 is 12.4 Å². The molecule has 1 aliphatic heterocycles. The molecule has 0 bridgehead atoms. The van der Waals surface area contributed by atoms with E-state index in [-0.39, 0.29) is 35.3 Å². The first-order chi connectivity index (χ1) is 10.3. The van der Waals surface area contributed by atoms with E-state index in [1.165, 1.54) is 23.5 Å². The smallest absolute Gasteiger partial charge is 0.251 e. The van der Waals surface area contributed by atoms with E-state index in [1.54, 1.807) is 26.0 Å². The van der Waals surface area contributed by atoms with Crippen LogP contribution in [-0.2, 0) is 10.0 Å². The molecule has 1 unspecified atom stereocenters. The second-order valence-corrected chi connectivity index (χ2v) is 7.80. The number of halogens is 1. The topological polar surface area (TPSA) is 78.5 Å². The number of hydrogen-bond acceptors (Lipinski definition) is 4. The van der Waals surface area contributed by atoms with E-state index >= 15 is 0 Å². The summed E-state index contributed by atoms with van der Waals surface area (Å²) in [5.41, 5.74) is 0.366. The van der Waals surface area contributed by atoms with Crippen LogP contribution < -0.4 is 10.6 Å². The Kier molecular flexibility index (Phi) is 7.01. The average molecular weight is 362 g/mol. The minimum absolute atomic E-state index is 0. The molecule has 0 saturated carbocycles. The van der Waals surface area contributed by atoms with Crippen molar-refractivity contribution in [2.45, 2.75) is 37.2 Å². The summed E-state index contributed by atoms with van der Waals surface area (Å²) in [5.74, 6) is -0.238. The number of rotatable bonds is 5. The third-order valence-electron chi connectivity index (χ3n) is 3.90. The van der Waals surface area contributed by atoms with E-state index in [4.69, 9.17) is 0 Å².